The topological polar surface area (TPSA) is 81.9 Å². The maximum Gasteiger partial charge on any atom is 0.311 e. The van der Waals surface area contributed by atoms with Gasteiger partial charge in [-0.1, -0.05) is 22.0 Å². The van der Waals surface area contributed by atoms with Gasteiger partial charge in [0.25, 0.3) is 5.91 Å². The quantitative estimate of drug-likeness (QED) is 0.422. The van der Waals surface area contributed by atoms with Gasteiger partial charge in [0.15, 0.2) is 0 Å². The Morgan fingerprint density at radius 3 is 2.67 bits per heavy atom. The molecule has 0 aliphatic carbocycles. The summed E-state index contributed by atoms with van der Waals surface area (Å²) in [5, 5.41) is 11.0. The fourth-order valence-electron chi connectivity index (χ4n) is 1.87. The zero-order chi connectivity index (χ0) is 16.0. The Balaban J connectivity index is 3.01. The average Bonchev–Trinajstić information content (AvgIpc) is 2.45. The number of nitro benzene ring substituents is 1. The molecule has 1 atom stereocenters. The number of carbonyl (C=O) groups excluding carboxylic acids is 1. The number of halogens is 1. The molecule has 7 nitrogen and oxygen atoms in total. The van der Waals surface area contributed by atoms with Gasteiger partial charge in [0, 0.05) is 26.8 Å². The Morgan fingerprint density at radius 2 is 2.14 bits per heavy atom. The van der Waals surface area contributed by atoms with Crippen LogP contribution in [0.1, 0.15) is 10.4 Å². The van der Waals surface area contributed by atoms with Crippen LogP contribution < -0.4 is 4.74 Å². The van der Waals surface area contributed by atoms with Crippen LogP contribution in [0.2, 0.25) is 0 Å². The third kappa shape index (κ3) is 4.40. The Bertz CT molecular complexity index is 523. The van der Waals surface area contributed by atoms with E-state index in [1.54, 1.807) is 14.2 Å². The number of rotatable bonds is 7. The molecule has 0 aliphatic heterocycles. The van der Waals surface area contributed by atoms with Gasteiger partial charge < -0.3 is 14.4 Å². The van der Waals surface area contributed by atoms with Crippen molar-refractivity contribution in [2.24, 2.45) is 0 Å². The lowest BCUT2D eigenvalue weighted by atomic mass is 10.1. The fourth-order valence-corrected chi connectivity index (χ4v) is 2.57. The highest BCUT2D eigenvalue weighted by Crippen LogP contribution is 2.31. The molecular weight excluding hydrogens is 344 g/mol. The van der Waals surface area contributed by atoms with Crippen LogP contribution in [0.25, 0.3) is 0 Å². The number of hydrogen-bond donors (Lipinski definition) is 0. The van der Waals surface area contributed by atoms with Gasteiger partial charge in [-0.3, -0.25) is 14.9 Å². The predicted molar refractivity (Wildman–Crippen MR) is 81.2 cm³/mol. The van der Waals surface area contributed by atoms with E-state index in [1.165, 1.54) is 30.2 Å². The summed E-state index contributed by atoms with van der Waals surface area (Å²) in [6, 6.07) is 4.26. The van der Waals surface area contributed by atoms with Crippen LogP contribution in [0.4, 0.5) is 5.69 Å². The molecule has 0 fully saturated rings. The van der Waals surface area contributed by atoms with Crippen LogP contribution in [0.3, 0.4) is 0 Å². The molecule has 1 aromatic carbocycles. The van der Waals surface area contributed by atoms with E-state index in [-0.39, 0.29) is 27.7 Å². The van der Waals surface area contributed by atoms with Crippen molar-refractivity contribution in [2.45, 2.75) is 4.83 Å². The predicted octanol–water partition coefficient (Wildman–Crippen LogP) is 2.09. The van der Waals surface area contributed by atoms with Gasteiger partial charge in [-0.25, -0.2) is 0 Å². The highest BCUT2D eigenvalue weighted by atomic mass is 79.9. The van der Waals surface area contributed by atoms with Crippen LogP contribution in [0.15, 0.2) is 18.2 Å². The van der Waals surface area contributed by atoms with Crippen molar-refractivity contribution in [1.82, 2.24) is 4.90 Å². The number of hydrogen-bond acceptors (Lipinski definition) is 5. The Hall–Kier alpha value is -1.67. The number of nitro groups is 1. The van der Waals surface area contributed by atoms with Gasteiger partial charge in [-0.05, 0) is 6.07 Å². The second kappa shape index (κ2) is 7.94. The van der Waals surface area contributed by atoms with Crippen LogP contribution in [0.5, 0.6) is 5.75 Å². The summed E-state index contributed by atoms with van der Waals surface area (Å²) in [5.74, 6) is -0.381. The summed E-state index contributed by atoms with van der Waals surface area (Å²) in [6.07, 6.45) is 0. The largest absolute Gasteiger partial charge is 0.490 e. The van der Waals surface area contributed by atoms with E-state index in [0.717, 1.165) is 0 Å². The van der Waals surface area contributed by atoms with Crippen molar-refractivity contribution in [3.63, 3.8) is 0 Å². The summed E-state index contributed by atoms with van der Waals surface area (Å²) in [6.45, 7) is 0.849. The first-order valence-corrected chi connectivity index (χ1v) is 7.03. The van der Waals surface area contributed by atoms with Crippen molar-refractivity contribution >= 4 is 27.5 Å². The summed E-state index contributed by atoms with van der Waals surface area (Å²) < 4.78 is 10.0. The molecule has 1 rings (SSSR count). The molecule has 8 heteroatoms. The number of amides is 1. The van der Waals surface area contributed by atoms with Crippen molar-refractivity contribution in [1.29, 1.82) is 0 Å². The second-order valence-corrected chi connectivity index (χ2v) is 5.65. The maximum absolute atomic E-state index is 12.4. The average molecular weight is 361 g/mol. The zero-order valence-corrected chi connectivity index (χ0v) is 13.6. The number of carbonyl (C=O) groups is 1. The molecule has 0 aliphatic rings. The molecule has 0 bridgehead atoms. The molecular formula is C13H17BrN2O5. The molecule has 0 N–H and O–H groups in total. The van der Waals surface area contributed by atoms with Crippen LogP contribution >= 0.6 is 15.9 Å². The Labute approximate surface area is 131 Å². The second-order valence-electron chi connectivity index (χ2n) is 4.35. The molecule has 116 valence electrons. The SMILES string of the molecule is COCC(Br)CN(C)C(=O)c1cccc([N+](=O)[O-])c1OC. The van der Waals surface area contributed by atoms with Gasteiger partial charge in [-0.15, -0.1) is 0 Å². The first-order valence-electron chi connectivity index (χ1n) is 6.12. The third-order valence-corrected chi connectivity index (χ3v) is 3.35. The molecule has 0 saturated heterocycles. The first kappa shape index (κ1) is 17.4. The van der Waals surface area contributed by atoms with Gasteiger partial charge >= 0.3 is 5.69 Å². The highest BCUT2D eigenvalue weighted by Gasteiger charge is 2.25. The van der Waals surface area contributed by atoms with Crippen molar-refractivity contribution < 1.29 is 19.2 Å². The fraction of sp³-hybridized carbons (Fsp3) is 0.462. The highest BCUT2D eigenvalue weighted by molar-refractivity contribution is 9.09. The monoisotopic (exact) mass is 360 g/mol. The summed E-state index contributed by atoms with van der Waals surface area (Å²) >= 11 is 3.39. The van der Waals surface area contributed by atoms with Crippen molar-refractivity contribution in [3.8, 4) is 5.75 Å². The van der Waals surface area contributed by atoms with Gasteiger partial charge in [0.05, 0.1) is 29.0 Å². The number of nitrogens with zero attached hydrogens (tertiary/aromatic N) is 2. The molecule has 0 spiro atoms. The van der Waals surface area contributed by atoms with E-state index in [1.807, 2.05) is 0 Å². The summed E-state index contributed by atoms with van der Waals surface area (Å²) in [5.41, 5.74) is -0.0737. The standard InChI is InChI=1S/C13H17BrN2O5/c1-15(7-9(14)8-20-2)13(17)10-5-4-6-11(16(18)19)12(10)21-3/h4-6,9H,7-8H2,1-3H3. The smallest absolute Gasteiger partial charge is 0.311 e. The van der Waals surface area contributed by atoms with Crippen LogP contribution in [0, 0.1) is 10.1 Å². The van der Waals surface area contributed by atoms with Gasteiger partial charge in [0.2, 0.25) is 5.75 Å². The van der Waals surface area contributed by atoms with Crippen LogP contribution in [-0.4, -0.2) is 55.0 Å². The maximum atomic E-state index is 12.4. The van der Waals surface area contributed by atoms with E-state index in [0.29, 0.717) is 13.2 Å². The number of methoxy groups -OCH3 is 2. The normalized spacial score (nSPS) is 11.8. The molecule has 0 aromatic heterocycles. The zero-order valence-electron chi connectivity index (χ0n) is 12.0. The first-order chi connectivity index (χ1) is 9.92. The van der Waals surface area contributed by atoms with Gasteiger partial charge in [-0.2, -0.15) is 0 Å². The molecule has 21 heavy (non-hydrogen) atoms. The minimum atomic E-state index is -0.576. The molecule has 0 radical (unpaired) electrons. The van der Waals surface area contributed by atoms with Crippen molar-refractivity contribution in [2.75, 3.05) is 34.4 Å². The Morgan fingerprint density at radius 1 is 1.48 bits per heavy atom. The molecule has 1 amide bonds. The third-order valence-electron chi connectivity index (χ3n) is 2.79. The molecule has 1 aromatic rings. The minimum absolute atomic E-state index is 0.0267. The van der Waals surface area contributed by atoms with Gasteiger partial charge in [0.1, 0.15) is 0 Å². The number of ether oxygens (including phenoxy) is 2. The van der Waals surface area contributed by atoms with Crippen LogP contribution in [-0.2, 0) is 4.74 Å². The van der Waals surface area contributed by atoms with E-state index in [2.05, 4.69) is 15.9 Å². The number of alkyl halides is 1. The Kier molecular flexibility index (Phi) is 6.57. The minimum Gasteiger partial charge on any atom is -0.490 e. The van der Waals surface area contributed by atoms with E-state index in [9.17, 15) is 14.9 Å². The van der Waals surface area contributed by atoms with E-state index in [4.69, 9.17) is 9.47 Å². The lowest BCUT2D eigenvalue weighted by Crippen LogP contribution is -2.34. The lowest BCUT2D eigenvalue weighted by Gasteiger charge is -2.21. The molecule has 0 heterocycles. The number of benzene rings is 1. The molecule has 0 saturated carbocycles. The van der Waals surface area contributed by atoms with E-state index >= 15 is 0 Å². The lowest BCUT2D eigenvalue weighted by molar-refractivity contribution is -0.385. The van der Waals surface area contributed by atoms with Crippen molar-refractivity contribution in [3.05, 3.63) is 33.9 Å². The molecule has 1 unspecified atom stereocenters. The summed E-state index contributed by atoms with van der Waals surface area (Å²) in [4.78, 5) is 24.2. The number of para-hydroxylation sites is 1. The van der Waals surface area contributed by atoms with E-state index < -0.39 is 4.92 Å². The summed E-state index contributed by atoms with van der Waals surface area (Å²) in [7, 11) is 4.49.